The zero-order chi connectivity index (χ0) is 17.8. The standard InChI is InChI=1S/C15H23N3O4S/c1-9(2)14(17-11(4)19)15(20)18-12-7-6-10(3)13(8-12)23(21,22)16-5/h6-9,14,16H,1-5H3,(H,17,19)(H,18,20)/t14-/m1/s1. The van der Waals surface area contributed by atoms with Crippen LogP contribution in [0.2, 0.25) is 0 Å². The summed E-state index contributed by atoms with van der Waals surface area (Å²) in [5.41, 5.74) is 0.921. The van der Waals surface area contributed by atoms with E-state index < -0.39 is 22.0 Å². The van der Waals surface area contributed by atoms with Crippen LogP contribution in [-0.4, -0.2) is 33.3 Å². The molecule has 1 atom stereocenters. The molecule has 0 saturated carbocycles. The van der Waals surface area contributed by atoms with Crippen molar-refractivity contribution in [1.29, 1.82) is 0 Å². The summed E-state index contributed by atoms with van der Waals surface area (Å²) in [6.07, 6.45) is 0. The van der Waals surface area contributed by atoms with Gasteiger partial charge in [-0.3, -0.25) is 9.59 Å². The maximum absolute atomic E-state index is 12.3. The number of nitrogens with one attached hydrogen (secondary N) is 3. The topological polar surface area (TPSA) is 104 Å². The molecule has 128 valence electrons. The predicted molar refractivity (Wildman–Crippen MR) is 88.5 cm³/mol. The minimum Gasteiger partial charge on any atom is -0.344 e. The fourth-order valence-corrected chi connectivity index (χ4v) is 3.05. The second kappa shape index (κ2) is 7.56. The van der Waals surface area contributed by atoms with Crippen molar-refractivity contribution in [2.24, 2.45) is 5.92 Å². The number of carbonyl (C=O) groups is 2. The number of hydrogen-bond donors (Lipinski definition) is 3. The molecule has 0 unspecified atom stereocenters. The lowest BCUT2D eigenvalue weighted by Crippen LogP contribution is -2.46. The highest BCUT2D eigenvalue weighted by atomic mass is 32.2. The Bertz CT molecular complexity index is 699. The molecule has 0 aliphatic carbocycles. The minimum atomic E-state index is -3.61. The normalized spacial score (nSPS) is 12.8. The third-order valence-electron chi connectivity index (χ3n) is 3.32. The molecule has 1 rings (SSSR count). The van der Waals surface area contributed by atoms with E-state index in [0.29, 0.717) is 11.3 Å². The molecule has 23 heavy (non-hydrogen) atoms. The molecule has 0 aromatic heterocycles. The van der Waals surface area contributed by atoms with Crippen LogP contribution in [0.25, 0.3) is 0 Å². The number of carbonyl (C=O) groups excluding carboxylic acids is 2. The highest BCUT2D eigenvalue weighted by molar-refractivity contribution is 7.89. The number of sulfonamides is 1. The quantitative estimate of drug-likeness (QED) is 0.718. The van der Waals surface area contributed by atoms with E-state index in [0.717, 1.165) is 0 Å². The first-order valence-corrected chi connectivity index (χ1v) is 8.69. The second-order valence-corrected chi connectivity index (χ2v) is 7.45. The highest BCUT2D eigenvalue weighted by Gasteiger charge is 2.23. The first-order chi connectivity index (χ1) is 10.6. The van der Waals surface area contributed by atoms with Crippen LogP contribution in [0, 0.1) is 12.8 Å². The van der Waals surface area contributed by atoms with Gasteiger partial charge in [0.1, 0.15) is 6.04 Å². The van der Waals surface area contributed by atoms with E-state index in [4.69, 9.17) is 0 Å². The van der Waals surface area contributed by atoms with Crippen LogP contribution >= 0.6 is 0 Å². The lowest BCUT2D eigenvalue weighted by molar-refractivity contribution is -0.126. The van der Waals surface area contributed by atoms with Gasteiger partial charge in [-0.25, -0.2) is 13.1 Å². The molecule has 2 amide bonds. The second-order valence-electron chi connectivity index (χ2n) is 5.60. The van der Waals surface area contributed by atoms with Crippen molar-refractivity contribution in [3.8, 4) is 0 Å². The fourth-order valence-electron chi connectivity index (χ4n) is 2.05. The number of amides is 2. The summed E-state index contributed by atoms with van der Waals surface area (Å²) in [4.78, 5) is 23.6. The van der Waals surface area contributed by atoms with Crippen molar-refractivity contribution in [3.63, 3.8) is 0 Å². The Kier molecular flexibility index (Phi) is 6.28. The van der Waals surface area contributed by atoms with Crippen LogP contribution in [0.5, 0.6) is 0 Å². The average molecular weight is 341 g/mol. The van der Waals surface area contributed by atoms with Crippen LogP contribution in [0.3, 0.4) is 0 Å². The number of anilines is 1. The van der Waals surface area contributed by atoms with Gasteiger partial charge in [-0.1, -0.05) is 19.9 Å². The molecular formula is C15H23N3O4S. The van der Waals surface area contributed by atoms with Crippen molar-refractivity contribution in [3.05, 3.63) is 23.8 Å². The van der Waals surface area contributed by atoms with E-state index in [1.165, 1.54) is 20.0 Å². The van der Waals surface area contributed by atoms with Crippen molar-refractivity contribution in [2.45, 2.75) is 38.6 Å². The lowest BCUT2D eigenvalue weighted by Gasteiger charge is -2.21. The van der Waals surface area contributed by atoms with Gasteiger partial charge in [0.2, 0.25) is 21.8 Å². The van der Waals surface area contributed by atoms with Crippen molar-refractivity contribution >= 4 is 27.5 Å². The SMILES string of the molecule is CNS(=O)(=O)c1cc(NC(=O)[C@H](NC(C)=O)C(C)C)ccc1C. The number of benzene rings is 1. The molecule has 0 aliphatic rings. The van der Waals surface area contributed by atoms with E-state index in [2.05, 4.69) is 15.4 Å². The minimum absolute atomic E-state index is 0.0958. The number of rotatable bonds is 6. The zero-order valence-corrected chi connectivity index (χ0v) is 14.7. The molecule has 1 aromatic carbocycles. The molecular weight excluding hydrogens is 318 g/mol. The average Bonchev–Trinajstić information content (AvgIpc) is 2.46. The molecule has 0 heterocycles. The molecule has 7 nitrogen and oxygen atoms in total. The van der Waals surface area contributed by atoms with Gasteiger partial charge in [-0.05, 0) is 37.6 Å². The molecule has 0 radical (unpaired) electrons. The first kappa shape index (κ1) is 19.1. The maximum atomic E-state index is 12.3. The summed E-state index contributed by atoms with van der Waals surface area (Å²) < 4.78 is 26.2. The Morgan fingerprint density at radius 2 is 1.78 bits per heavy atom. The molecule has 3 N–H and O–H groups in total. The Morgan fingerprint density at radius 1 is 1.17 bits per heavy atom. The van der Waals surface area contributed by atoms with Gasteiger partial charge in [-0.2, -0.15) is 0 Å². The van der Waals surface area contributed by atoms with Crippen LogP contribution in [0.15, 0.2) is 23.1 Å². The van der Waals surface area contributed by atoms with Crippen molar-refractivity contribution in [2.75, 3.05) is 12.4 Å². The smallest absolute Gasteiger partial charge is 0.247 e. The Hall–Kier alpha value is -1.93. The van der Waals surface area contributed by atoms with Crippen molar-refractivity contribution < 1.29 is 18.0 Å². The number of aryl methyl sites for hydroxylation is 1. The maximum Gasteiger partial charge on any atom is 0.247 e. The largest absolute Gasteiger partial charge is 0.344 e. The molecule has 0 fully saturated rings. The Labute approximate surface area is 136 Å². The predicted octanol–water partition coefficient (Wildman–Crippen LogP) is 1.00. The van der Waals surface area contributed by atoms with Gasteiger partial charge in [0, 0.05) is 12.6 Å². The van der Waals surface area contributed by atoms with E-state index in [1.54, 1.807) is 19.1 Å². The summed E-state index contributed by atoms with van der Waals surface area (Å²) in [5.74, 6) is -0.807. The summed E-state index contributed by atoms with van der Waals surface area (Å²) in [6.45, 7) is 6.63. The summed E-state index contributed by atoms with van der Waals surface area (Å²) >= 11 is 0. The summed E-state index contributed by atoms with van der Waals surface area (Å²) in [5, 5.41) is 5.23. The third-order valence-corrected chi connectivity index (χ3v) is 4.88. The molecule has 0 saturated heterocycles. The summed E-state index contributed by atoms with van der Waals surface area (Å²) in [7, 11) is -2.29. The van der Waals surface area contributed by atoms with Gasteiger partial charge in [0.15, 0.2) is 0 Å². The van der Waals surface area contributed by atoms with E-state index in [1.807, 2.05) is 13.8 Å². The van der Waals surface area contributed by atoms with Crippen LogP contribution in [0.4, 0.5) is 5.69 Å². The molecule has 0 aliphatic heterocycles. The van der Waals surface area contributed by atoms with E-state index in [9.17, 15) is 18.0 Å². The van der Waals surface area contributed by atoms with Crippen LogP contribution in [-0.2, 0) is 19.6 Å². The Morgan fingerprint density at radius 3 is 2.26 bits per heavy atom. The Balaban J connectivity index is 3.07. The van der Waals surface area contributed by atoms with Crippen LogP contribution < -0.4 is 15.4 Å². The first-order valence-electron chi connectivity index (χ1n) is 7.20. The van der Waals surface area contributed by atoms with Gasteiger partial charge in [0.05, 0.1) is 4.90 Å². The fraction of sp³-hybridized carbons (Fsp3) is 0.467. The molecule has 0 spiro atoms. The molecule has 0 bridgehead atoms. The number of hydrogen-bond acceptors (Lipinski definition) is 4. The van der Waals surface area contributed by atoms with Gasteiger partial charge in [-0.15, -0.1) is 0 Å². The lowest BCUT2D eigenvalue weighted by atomic mass is 10.0. The molecule has 8 heteroatoms. The monoisotopic (exact) mass is 341 g/mol. The highest BCUT2D eigenvalue weighted by Crippen LogP contribution is 2.20. The van der Waals surface area contributed by atoms with Gasteiger partial charge < -0.3 is 10.6 Å². The molecule has 1 aromatic rings. The third kappa shape index (κ3) is 5.04. The van der Waals surface area contributed by atoms with Crippen molar-refractivity contribution in [1.82, 2.24) is 10.0 Å². The summed E-state index contributed by atoms with van der Waals surface area (Å²) in [6, 6.07) is 3.93. The van der Waals surface area contributed by atoms with E-state index in [-0.39, 0.29) is 16.7 Å². The van der Waals surface area contributed by atoms with E-state index >= 15 is 0 Å². The van der Waals surface area contributed by atoms with Gasteiger partial charge in [0.25, 0.3) is 0 Å². The van der Waals surface area contributed by atoms with Crippen LogP contribution in [0.1, 0.15) is 26.3 Å². The zero-order valence-electron chi connectivity index (χ0n) is 13.9. The van der Waals surface area contributed by atoms with Gasteiger partial charge >= 0.3 is 0 Å².